The highest BCUT2D eigenvalue weighted by molar-refractivity contribution is 7.89. The van der Waals surface area contributed by atoms with Gasteiger partial charge in [0.05, 0.1) is 4.90 Å². The second-order valence-electron chi connectivity index (χ2n) is 4.63. The summed E-state index contributed by atoms with van der Waals surface area (Å²) in [5, 5.41) is 4.73. The van der Waals surface area contributed by atoms with E-state index < -0.39 is 10.0 Å². The number of hydrazine groups is 1. The predicted octanol–water partition coefficient (Wildman–Crippen LogP) is 0.984. The summed E-state index contributed by atoms with van der Waals surface area (Å²) < 4.78 is 23.8. The smallest absolute Gasteiger partial charge is 0.253 e. The number of hydrogen-bond donors (Lipinski definition) is 2. The zero-order valence-electron chi connectivity index (χ0n) is 11.8. The van der Waals surface area contributed by atoms with Crippen molar-refractivity contribution in [3.05, 3.63) is 29.8 Å². The van der Waals surface area contributed by atoms with Crippen LogP contribution < -0.4 is 10.1 Å². The highest BCUT2D eigenvalue weighted by Crippen LogP contribution is 2.10. The Hall–Kier alpha value is -0.950. The standard InChI is InChI=1S/C13H23N3O2S/c1-4-10-14-11-9-12-5-7-13(8-6-12)19(17,18)15-16(2)3/h5-8,14-15H,4,9-11H2,1-3H3. The fourth-order valence-corrected chi connectivity index (χ4v) is 2.74. The molecule has 0 amide bonds. The van der Waals surface area contributed by atoms with Crippen LogP contribution in [0, 0.1) is 0 Å². The first-order valence-electron chi connectivity index (χ1n) is 6.45. The molecule has 5 nitrogen and oxygen atoms in total. The van der Waals surface area contributed by atoms with Crippen LogP contribution in [0.25, 0.3) is 0 Å². The second kappa shape index (κ2) is 7.59. The number of sulfonamides is 1. The minimum atomic E-state index is -3.45. The van der Waals surface area contributed by atoms with Crippen LogP contribution in [0.15, 0.2) is 29.2 Å². The van der Waals surface area contributed by atoms with Crippen molar-refractivity contribution in [2.45, 2.75) is 24.7 Å². The molecule has 0 bridgehead atoms. The Morgan fingerprint density at radius 1 is 1.11 bits per heavy atom. The molecule has 0 aliphatic rings. The summed E-state index contributed by atoms with van der Waals surface area (Å²) in [6.45, 7) is 4.06. The van der Waals surface area contributed by atoms with E-state index in [0.29, 0.717) is 0 Å². The Morgan fingerprint density at radius 3 is 2.26 bits per heavy atom. The molecule has 0 aromatic heterocycles. The number of rotatable bonds is 8. The third kappa shape index (κ3) is 5.69. The maximum atomic E-state index is 11.9. The largest absolute Gasteiger partial charge is 0.316 e. The summed E-state index contributed by atoms with van der Waals surface area (Å²) in [7, 11) is -0.157. The van der Waals surface area contributed by atoms with E-state index in [0.717, 1.165) is 31.5 Å². The molecule has 2 N–H and O–H groups in total. The van der Waals surface area contributed by atoms with Crippen LogP contribution in [0.2, 0.25) is 0 Å². The molecule has 1 rings (SSSR count). The molecule has 0 saturated carbocycles. The molecule has 0 aliphatic heterocycles. The lowest BCUT2D eigenvalue weighted by Gasteiger charge is -2.12. The first-order valence-corrected chi connectivity index (χ1v) is 7.93. The van der Waals surface area contributed by atoms with Gasteiger partial charge in [-0.2, -0.15) is 0 Å². The summed E-state index contributed by atoms with van der Waals surface area (Å²) in [6.07, 6.45) is 2.02. The minimum Gasteiger partial charge on any atom is -0.316 e. The molecule has 6 heteroatoms. The average Bonchev–Trinajstić information content (AvgIpc) is 2.34. The summed E-state index contributed by atoms with van der Waals surface area (Å²) in [5.41, 5.74) is 1.13. The van der Waals surface area contributed by atoms with Gasteiger partial charge in [-0.3, -0.25) is 0 Å². The monoisotopic (exact) mass is 285 g/mol. The fraction of sp³-hybridized carbons (Fsp3) is 0.538. The van der Waals surface area contributed by atoms with Gasteiger partial charge in [0, 0.05) is 14.1 Å². The summed E-state index contributed by atoms with van der Waals surface area (Å²) in [5.74, 6) is 0. The fourth-order valence-electron chi connectivity index (χ4n) is 1.66. The van der Waals surface area contributed by atoms with Gasteiger partial charge in [0.25, 0.3) is 10.0 Å². The molecule has 0 aliphatic carbocycles. The van der Waals surface area contributed by atoms with Crippen LogP contribution in [0.5, 0.6) is 0 Å². The first-order chi connectivity index (χ1) is 8.95. The number of nitrogens with one attached hydrogen (secondary N) is 2. The molecule has 1 aromatic carbocycles. The van der Waals surface area contributed by atoms with E-state index in [1.165, 1.54) is 5.01 Å². The molecule has 108 valence electrons. The topological polar surface area (TPSA) is 61.4 Å². The van der Waals surface area contributed by atoms with E-state index >= 15 is 0 Å². The van der Waals surface area contributed by atoms with Crippen molar-refractivity contribution in [3.8, 4) is 0 Å². The molecular weight excluding hydrogens is 262 g/mol. The van der Waals surface area contributed by atoms with E-state index in [-0.39, 0.29) is 4.90 Å². The number of benzene rings is 1. The Labute approximate surface area is 116 Å². The number of nitrogens with zero attached hydrogens (tertiary/aromatic N) is 1. The van der Waals surface area contributed by atoms with Crippen molar-refractivity contribution in [2.75, 3.05) is 27.2 Å². The third-order valence-corrected chi connectivity index (χ3v) is 4.05. The van der Waals surface area contributed by atoms with Crippen molar-refractivity contribution in [1.29, 1.82) is 0 Å². The van der Waals surface area contributed by atoms with Crippen LogP contribution in [-0.2, 0) is 16.4 Å². The molecule has 19 heavy (non-hydrogen) atoms. The lowest BCUT2D eigenvalue weighted by molar-refractivity contribution is 0.364. The molecule has 0 fully saturated rings. The maximum Gasteiger partial charge on any atom is 0.253 e. The van der Waals surface area contributed by atoms with Gasteiger partial charge in [-0.15, -0.1) is 4.83 Å². The SMILES string of the molecule is CCCNCCc1ccc(S(=O)(=O)NN(C)C)cc1. The summed E-state index contributed by atoms with van der Waals surface area (Å²) in [6, 6.07) is 7.00. The Kier molecular flexibility index (Phi) is 6.44. The molecule has 0 unspecified atom stereocenters. The Morgan fingerprint density at radius 2 is 1.74 bits per heavy atom. The van der Waals surface area contributed by atoms with Crippen LogP contribution in [0.3, 0.4) is 0 Å². The third-order valence-electron chi connectivity index (χ3n) is 2.55. The van der Waals surface area contributed by atoms with Crippen LogP contribution in [0.1, 0.15) is 18.9 Å². The second-order valence-corrected chi connectivity index (χ2v) is 6.29. The van der Waals surface area contributed by atoms with Gasteiger partial charge in [0.2, 0.25) is 0 Å². The van der Waals surface area contributed by atoms with E-state index in [2.05, 4.69) is 17.1 Å². The summed E-state index contributed by atoms with van der Waals surface area (Å²) >= 11 is 0. The van der Waals surface area contributed by atoms with Crippen LogP contribution >= 0.6 is 0 Å². The molecule has 1 aromatic rings. The van der Waals surface area contributed by atoms with E-state index in [1.54, 1.807) is 26.2 Å². The lowest BCUT2D eigenvalue weighted by atomic mass is 10.1. The van der Waals surface area contributed by atoms with Gasteiger partial charge in [0.1, 0.15) is 0 Å². The van der Waals surface area contributed by atoms with Gasteiger partial charge in [-0.25, -0.2) is 13.4 Å². The van der Waals surface area contributed by atoms with Crippen molar-refractivity contribution in [3.63, 3.8) is 0 Å². The molecule has 0 heterocycles. The maximum absolute atomic E-state index is 11.9. The zero-order valence-corrected chi connectivity index (χ0v) is 12.6. The van der Waals surface area contributed by atoms with Crippen molar-refractivity contribution < 1.29 is 8.42 Å². The molecular formula is C13H23N3O2S. The minimum absolute atomic E-state index is 0.284. The highest BCUT2D eigenvalue weighted by atomic mass is 32.2. The quantitative estimate of drug-likeness (QED) is 0.552. The molecule has 0 radical (unpaired) electrons. The van der Waals surface area contributed by atoms with Crippen molar-refractivity contribution in [1.82, 2.24) is 15.2 Å². The Balaban J connectivity index is 2.61. The van der Waals surface area contributed by atoms with Crippen LogP contribution in [-0.4, -0.2) is 40.6 Å². The lowest BCUT2D eigenvalue weighted by Crippen LogP contribution is -2.36. The first kappa shape index (κ1) is 16.1. The van der Waals surface area contributed by atoms with Gasteiger partial charge in [0.15, 0.2) is 0 Å². The Bertz CT molecular complexity index is 469. The van der Waals surface area contributed by atoms with E-state index in [4.69, 9.17) is 0 Å². The van der Waals surface area contributed by atoms with Gasteiger partial charge < -0.3 is 5.32 Å². The molecule has 0 atom stereocenters. The molecule has 0 saturated heterocycles. The number of hydrogen-bond acceptors (Lipinski definition) is 4. The van der Waals surface area contributed by atoms with E-state index in [9.17, 15) is 8.42 Å². The highest BCUT2D eigenvalue weighted by Gasteiger charge is 2.13. The van der Waals surface area contributed by atoms with Crippen molar-refractivity contribution in [2.24, 2.45) is 0 Å². The van der Waals surface area contributed by atoms with Crippen LogP contribution in [0.4, 0.5) is 0 Å². The predicted molar refractivity (Wildman–Crippen MR) is 77.3 cm³/mol. The zero-order chi connectivity index (χ0) is 14.3. The van der Waals surface area contributed by atoms with Gasteiger partial charge >= 0.3 is 0 Å². The normalized spacial score (nSPS) is 12.0. The van der Waals surface area contributed by atoms with E-state index in [1.807, 2.05) is 12.1 Å². The van der Waals surface area contributed by atoms with Gasteiger partial charge in [-0.05, 0) is 43.6 Å². The van der Waals surface area contributed by atoms with Gasteiger partial charge in [-0.1, -0.05) is 19.1 Å². The summed E-state index contributed by atoms with van der Waals surface area (Å²) in [4.78, 5) is 2.69. The average molecular weight is 285 g/mol. The van der Waals surface area contributed by atoms with Crippen molar-refractivity contribution >= 4 is 10.0 Å². The molecule has 0 spiro atoms.